The van der Waals surface area contributed by atoms with E-state index in [0.717, 1.165) is 10.1 Å². The number of nitrogens with zero attached hydrogens (tertiary/aromatic N) is 1. The molecule has 0 saturated heterocycles. The number of hydrogen-bond donors (Lipinski definition) is 1. The van der Waals surface area contributed by atoms with E-state index >= 15 is 0 Å². The van der Waals surface area contributed by atoms with Crippen LogP contribution < -0.4 is 0 Å². The lowest BCUT2D eigenvalue weighted by molar-refractivity contribution is -0.164. The van der Waals surface area contributed by atoms with Crippen molar-refractivity contribution in [1.29, 1.82) is 0 Å². The van der Waals surface area contributed by atoms with E-state index in [-0.39, 0.29) is 30.6 Å². The van der Waals surface area contributed by atoms with Gasteiger partial charge in [0.15, 0.2) is 9.84 Å². The number of ether oxygens (including phenoxy) is 1. The van der Waals surface area contributed by atoms with Gasteiger partial charge in [0, 0.05) is 4.70 Å². The van der Waals surface area contributed by atoms with Gasteiger partial charge in [-0.15, -0.1) is 11.3 Å². The molecule has 1 amide bonds. The highest BCUT2D eigenvalue weighted by atomic mass is 32.2. The van der Waals surface area contributed by atoms with Crippen molar-refractivity contribution >= 4 is 37.7 Å². The first-order valence-corrected chi connectivity index (χ1v) is 10.2. The maximum atomic E-state index is 12.4. The van der Waals surface area contributed by atoms with Gasteiger partial charge >= 0.3 is 0 Å². The third-order valence-corrected chi connectivity index (χ3v) is 6.02. The van der Waals surface area contributed by atoms with Gasteiger partial charge in [0.1, 0.15) is 0 Å². The van der Waals surface area contributed by atoms with Gasteiger partial charge in [0.05, 0.1) is 30.3 Å². The number of hydroxylamine groups is 2. The van der Waals surface area contributed by atoms with Crippen molar-refractivity contribution in [2.75, 3.05) is 12.4 Å². The fraction of sp³-hybridized carbons (Fsp3) is 0.438. The molecule has 2 rings (SSSR count). The van der Waals surface area contributed by atoms with Crippen molar-refractivity contribution in [2.45, 2.75) is 31.7 Å². The van der Waals surface area contributed by atoms with Gasteiger partial charge in [0.2, 0.25) is 6.41 Å². The molecular formula is C16H21NO5S2. The Morgan fingerprint density at radius 1 is 1.33 bits per heavy atom. The highest BCUT2D eigenvalue weighted by Gasteiger charge is 2.25. The number of benzene rings is 1. The van der Waals surface area contributed by atoms with Gasteiger partial charge in [-0.25, -0.2) is 13.5 Å². The third-order valence-electron chi connectivity index (χ3n) is 3.45. The van der Waals surface area contributed by atoms with E-state index in [1.165, 1.54) is 0 Å². The first kappa shape index (κ1) is 18.9. The van der Waals surface area contributed by atoms with Crippen molar-refractivity contribution in [3.05, 3.63) is 35.2 Å². The van der Waals surface area contributed by atoms with Crippen LogP contribution in [-0.4, -0.2) is 49.6 Å². The summed E-state index contributed by atoms with van der Waals surface area (Å²) in [5.41, 5.74) is 0.681. The summed E-state index contributed by atoms with van der Waals surface area (Å²) in [7, 11) is -3.53. The summed E-state index contributed by atoms with van der Waals surface area (Å²) in [6.45, 7) is 3.55. The van der Waals surface area contributed by atoms with E-state index in [1.807, 2.05) is 23.6 Å². The van der Waals surface area contributed by atoms with Crippen LogP contribution in [-0.2, 0) is 25.1 Å². The van der Waals surface area contributed by atoms with Crippen molar-refractivity contribution < 1.29 is 23.2 Å². The molecule has 0 radical (unpaired) electrons. The third kappa shape index (κ3) is 5.27. The van der Waals surface area contributed by atoms with Gasteiger partial charge in [-0.2, -0.15) is 0 Å². The first-order valence-electron chi connectivity index (χ1n) is 7.51. The second-order valence-corrected chi connectivity index (χ2v) is 8.93. The minimum atomic E-state index is -3.53. The summed E-state index contributed by atoms with van der Waals surface area (Å²) in [5.74, 6) is -0.514. The number of carbonyl (C=O) groups excluding carboxylic acids is 1. The molecular weight excluding hydrogens is 350 g/mol. The molecule has 0 saturated carbocycles. The van der Waals surface area contributed by atoms with E-state index in [4.69, 9.17) is 4.74 Å². The molecule has 0 aliphatic rings. The smallest absolute Gasteiger partial charge is 0.233 e. The van der Waals surface area contributed by atoms with Crippen LogP contribution in [0.25, 0.3) is 10.1 Å². The van der Waals surface area contributed by atoms with Crippen molar-refractivity contribution in [3.63, 3.8) is 0 Å². The predicted octanol–water partition coefficient (Wildman–Crippen LogP) is 2.46. The topological polar surface area (TPSA) is 83.9 Å². The van der Waals surface area contributed by atoms with Crippen molar-refractivity contribution in [2.24, 2.45) is 0 Å². The largest absolute Gasteiger partial charge is 0.377 e. The number of hydrogen-bond acceptors (Lipinski definition) is 6. The summed E-state index contributed by atoms with van der Waals surface area (Å²) in [6, 6.07) is 6.54. The Morgan fingerprint density at radius 3 is 2.75 bits per heavy atom. The van der Waals surface area contributed by atoms with Crippen molar-refractivity contribution in [3.8, 4) is 0 Å². The fourth-order valence-corrected chi connectivity index (χ4v) is 4.71. The zero-order chi connectivity index (χ0) is 17.7. The Hall–Kier alpha value is -1.48. The Bertz CT molecular complexity index is 785. The van der Waals surface area contributed by atoms with Crippen LogP contribution in [0.3, 0.4) is 0 Å². The molecule has 0 aliphatic carbocycles. The number of sulfone groups is 1. The van der Waals surface area contributed by atoms with E-state index < -0.39 is 15.9 Å². The van der Waals surface area contributed by atoms with Crippen LogP contribution in [0.4, 0.5) is 0 Å². The van der Waals surface area contributed by atoms with Gasteiger partial charge in [0.25, 0.3) is 0 Å². The lowest BCUT2D eigenvalue weighted by atomic mass is 10.2. The van der Waals surface area contributed by atoms with E-state index in [2.05, 4.69) is 0 Å². The molecule has 1 aromatic heterocycles. The fourth-order valence-electron chi connectivity index (χ4n) is 2.30. The number of fused-ring (bicyclic) bond motifs is 1. The minimum Gasteiger partial charge on any atom is -0.377 e. The van der Waals surface area contributed by atoms with Crippen LogP contribution in [0, 0.1) is 0 Å². The molecule has 1 aromatic carbocycles. The number of thiophene rings is 1. The molecule has 24 heavy (non-hydrogen) atoms. The second-order valence-electron chi connectivity index (χ2n) is 5.87. The van der Waals surface area contributed by atoms with Crippen LogP contribution >= 0.6 is 11.3 Å². The Balaban J connectivity index is 2.10. The van der Waals surface area contributed by atoms with Crippen LogP contribution in [0.15, 0.2) is 29.6 Å². The Morgan fingerprint density at radius 2 is 2.08 bits per heavy atom. The van der Waals surface area contributed by atoms with Crippen LogP contribution in [0.1, 0.15) is 19.4 Å². The average molecular weight is 371 g/mol. The van der Waals surface area contributed by atoms with E-state index in [9.17, 15) is 18.4 Å². The lowest BCUT2D eigenvalue weighted by Gasteiger charge is -2.23. The van der Waals surface area contributed by atoms with Gasteiger partial charge < -0.3 is 4.74 Å². The summed E-state index contributed by atoms with van der Waals surface area (Å²) in [5, 5.41) is 12.9. The zero-order valence-electron chi connectivity index (χ0n) is 13.6. The van der Waals surface area contributed by atoms with E-state index in [1.54, 1.807) is 31.3 Å². The molecule has 2 aromatic rings. The normalized spacial score (nSPS) is 13.3. The molecule has 132 valence electrons. The molecule has 8 heteroatoms. The van der Waals surface area contributed by atoms with Gasteiger partial charge in [-0.1, -0.05) is 6.07 Å². The lowest BCUT2D eigenvalue weighted by Crippen LogP contribution is -2.41. The summed E-state index contributed by atoms with van der Waals surface area (Å²) in [4.78, 5) is 10.8. The molecule has 0 unspecified atom stereocenters. The molecule has 6 nitrogen and oxygen atoms in total. The summed E-state index contributed by atoms with van der Waals surface area (Å²) in [6.07, 6.45) is 0.0673. The highest BCUT2D eigenvalue weighted by molar-refractivity contribution is 7.90. The predicted molar refractivity (Wildman–Crippen MR) is 93.9 cm³/mol. The Labute approximate surface area is 145 Å². The second kappa shape index (κ2) is 8.06. The highest BCUT2D eigenvalue weighted by Crippen LogP contribution is 2.23. The number of rotatable bonds is 9. The summed E-state index contributed by atoms with van der Waals surface area (Å²) < 4.78 is 31.3. The summed E-state index contributed by atoms with van der Waals surface area (Å²) >= 11 is 1.60. The molecule has 0 aliphatic heterocycles. The first-order chi connectivity index (χ1) is 11.3. The van der Waals surface area contributed by atoms with Gasteiger partial charge in [-0.05, 0) is 48.4 Å². The number of amides is 1. The molecule has 0 spiro atoms. The molecule has 0 fully saturated rings. The molecule has 0 bridgehead atoms. The van der Waals surface area contributed by atoms with Crippen LogP contribution in [0.5, 0.6) is 0 Å². The monoisotopic (exact) mass is 371 g/mol. The van der Waals surface area contributed by atoms with Gasteiger partial charge in [-0.3, -0.25) is 10.0 Å². The molecule has 1 N–H and O–H groups in total. The Kier molecular flexibility index (Phi) is 6.34. The van der Waals surface area contributed by atoms with E-state index in [0.29, 0.717) is 10.6 Å². The SMILES string of the molecule is CC(C)OC[C@@H](CS(=O)(=O)Cc1ccc2sccc2c1)N(O)C=O. The standard InChI is InChI=1S/C16H21NO5S2/c1-12(2)22-8-15(17(19)11-18)10-24(20,21)9-13-3-4-16-14(7-13)5-6-23-16/h3-7,11-12,15,19H,8-10H2,1-2H3/t15-/m0/s1. The average Bonchev–Trinajstić information content (AvgIpc) is 2.97. The maximum absolute atomic E-state index is 12.4. The van der Waals surface area contributed by atoms with Crippen molar-refractivity contribution in [1.82, 2.24) is 5.06 Å². The molecule has 1 heterocycles. The zero-order valence-corrected chi connectivity index (χ0v) is 15.2. The number of carbonyl (C=O) groups is 1. The minimum absolute atomic E-state index is 0.0459. The molecule has 1 atom stereocenters. The quantitative estimate of drug-likeness (QED) is 0.416. The maximum Gasteiger partial charge on any atom is 0.233 e. The van der Waals surface area contributed by atoms with Crippen LogP contribution in [0.2, 0.25) is 0 Å².